The number of methoxy groups -OCH3 is 1. The first kappa shape index (κ1) is 24.7. The van der Waals surface area contributed by atoms with Gasteiger partial charge in [0.2, 0.25) is 0 Å². The summed E-state index contributed by atoms with van der Waals surface area (Å²) in [6.07, 6.45) is 1.59. The fourth-order valence-electron chi connectivity index (χ4n) is 3.85. The molecule has 5 aromatic rings. The molecule has 9 heteroatoms. The number of amides is 1. The van der Waals surface area contributed by atoms with Crippen molar-refractivity contribution in [3.63, 3.8) is 0 Å². The molecule has 0 radical (unpaired) electrons. The van der Waals surface area contributed by atoms with E-state index in [2.05, 4.69) is 15.5 Å². The standard InChI is InChI=1S/C28H23ClN4O3S/c1-35-23-11-4-8-19(15-23)26-31-32-28(33(26)22-10-5-9-21(29)16-22)37-18-20-7-2-3-13-25(20)27(34)30-17-24-12-6-14-36-24/h2-16H,17-18H2,1H3,(H,30,34). The van der Waals surface area contributed by atoms with Crippen LogP contribution in [0.1, 0.15) is 21.7 Å². The highest BCUT2D eigenvalue weighted by Gasteiger charge is 2.19. The topological polar surface area (TPSA) is 82.2 Å². The number of ether oxygens (including phenoxy) is 1. The summed E-state index contributed by atoms with van der Waals surface area (Å²) in [5, 5.41) is 13.2. The van der Waals surface area contributed by atoms with Crippen molar-refractivity contribution in [1.29, 1.82) is 0 Å². The summed E-state index contributed by atoms with van der Waals surface area (Å²) in [5.74, 6) is 2.43. The van der Waals surface area contributed by atoms with Gasteiger partial charge >= 0.3 is 0 Å². The van der Waals surface area contributed by atoms with Gasteiger partial charge in [0, 0.05) is 21.9 Å². The number of hydrogen-bond acceptors (Lipinski definition) is 6. The maximum atomic E-state index is 12.9. The largest absolute Gasteiger partial charge is 0.497 e. The Hall–Kier alpha value is -4.01. The lowest BCUT2D eigenvalue weighted by molar-refractivity contribution is 0.0947. The summed E-state index contributed by atoms with van der Waals surface area (Å²) in [6, 6.07) is 26.4. The van der Waals surface area contributed by atoms with Gasteiger partial charge in [-0.2, -0.15) is 0 Å². The Bertz CT molecular complexity index is 1520. The molecule has 186 valence electrons. The van der Waals surface area contributed by atoms with E-state index < -0.39 is 0 Å². The van der Waals surface area contributed by atoms with Gasteiger partial charge in [-0.25, -0.2) is 0 Å². The van der Waals surface area contributed by atoms with Gasteiger partial charge in [0.15, 0.2) is 11.0 Å². The van der Waals surface area contributed by atoms with Gasteiger partial charge in [0.05, 0.1) is 25.6 Å². The van der Waals surface area contributed by atoms with E-state index in [0.717, 1.165) is 22.6 Å². The van der Waals surface area contributed by atoms with E-state index in [1.54, 1.807) is 19.4 Å². The van der Waals surface area contributed by atoms with Crippen LogP contribution in [-0.2, 0) is 12.3 Å². The number of hydrogen-bond donors (Lipinski definition) is 1. The van der Waals surface area contributed by atoms with Crippen LogP contribution in [0.25, 0.3) is 17.1 Å². The number of nitrogens with one attached hydrogen (secondary N) is 1. The normalized spacial score (nSPS) is 10.9. The predicted molar refractivity (Wildman–Crippen MR) is 144 cm³/mol. The highest BCUT2D eigenvalue weighted by Crippen LogP contribution is 2.32. The molecule has 0 unspecified atom stereocenters. The van der Waals surface area contributed by atoms with Crippen molar-refractivity contribution in [1.82, 2.24) is 20.1 Å². The molecule has 0 aliphatic carbocycles. The number of aromatic nitrogens is 3. The summed E-state index contributed by atoms with van der Waals surface area (Å²) in [7, 11) is 1.63. The number of halogens is 1. The van der Waals surface area contributed by atoms with Crippen LogP contribution >= 0.6 is 23.4 Å². The number of benzene rings is 3. The minimum atomic E-state index is -0.166. The van der Waals surface area contributed by atoms with Crippen LogP contribution in [0.5, 0.6) is 5.75 Å². The van der Waals surface area contributed by atoms with Crippen LogP contribution in [0.3, 0.4) is 0 Å². The van der Waals surface area contributed by atoms with Gasteiger partial charge < -0.3 is 14.5 Å². The molecule has 0 aliphatic heterocycles. The van der Waals surface area contributed by atoms with E-state index in [1.807, 2.05) is 83.4 Å². The van der Waals surface area contributed by atoms with E-state index in [9.17, 15) is 4.79 Å². The molecule has 0 aliphatic rings. The Morgan fingerprint density at radius 2 is 1.89 bits per heavy atom. The molecule has 2 heterocycles. The Labute approximate surface area is 223 Å². The summed E-state index contributed by atoms with van der Waals surface area (Å²) >= 11 is 7.81. The van der Waals surface area contributed by atoms with Crippen molar-refractivity contribution in [3.8, 4) is 22.8 Å². The molecule has 0 spiro atoms. The van der Waals surface area contributed by atoms with E-state index in [0.29, 0.717) is 39.6 Å². The molecular formula is C28H23ClN4O3S. The summed E-state index contributed by atoms with van der Waals surface area (Å²) in [5.41, 5.74) is 3.18. The number of carbonyl (C=O) groups is 1. The minimum Gasteiger partial charge on any atom is -0.497 e. The van der Waals surface area contributed by atoms with Crippen molar-refractivity contribution in [2.75, 3.05) is 7.11 Å². The van der Waals surface area contributed by atoms with Gasteiger partial charge in [-0.1, -0.05) is 59.8 Å². The van der Waals surface area contributed by atoms with Gasteiger partial charge in [-0.3, -0.25) is 9.36 Å². The maximum Gasteiger partial charge on any atom is 0.251 e. The summed E-state index contributed by atoms with van der Waals surface area (Å²) in [4.78, 5) is 12.9. The third kappa shape index (κ3) is 5.71. The lowest BCUT2D eigenvalue weighted by Gasteiger charge is -2.12. The first-order valence-electron chi connectivity index (χ1n) is 11.5. The Morgan fingerprint density at radius 1 is 1.03 bits per heavy atom. The molecule has 37 heavy (non-hydrogen) atoms. The number of furan rings is 1. The first-order valence-corrected chi connectivity index (χ1v) is 12.9. The maximum absolute atomic E-state index is 12.9. The third-order valence-electron chi connectivity index (χ3n) is 5.65. The zero-order valence-electron chi connectivity index (χ0n) is 19.9. The van der Waals surface area contributed by atoms with Crippen molar-refractivity contribution in [3.05, 3.63) is 113 Å². The highest BCUT2D eigenvalue weighted by atomic mass is 35.5. The molecule has 1 N–H and O–H groups in total. The minimum absolute atomic E-state index is 0.166. The van der Waals surface area contributed by atoms with Crippen LogP contribution < -0.4 is 10.1 Å². The summed E-state index contributed by atoms with van der Waals surface area (Å²) in [6.45, 7) is 0.320. The van der Waals surface area contributed by atoms with Gasteiger partial charge in [-0.15, -0.1) is 10.2 Å². The second kappa shape index (κ2) is 11.4. The lowest BCUT2D eigenvalue weighted by atomic mass is 10.1. The van der Waals surface area contributed by atoms with Crippen molar-refractivity contribution in [2.45, 2.75) is 17.5 Å². The number of nitrogens with zero attached hydrogens (tertiary/aromatic N) is 3. The molecule has 5 rings (SSSR count). The monoisotopic (exact) mass is 530 g/mol. The highest BCUT2D eigenvalue weighted by molar-refractivity contribution is 7.98. The van der Waals surface area contributed by atoms with E-state index in [4.69, 9.17) is 20.8 Å². The van der Waals surface area contributed by atoms with Crippen molar-refractivity contribution >= 4 is 29.3 Å². The van der Waals surface area contributed by atoms with Gasteiger partial charge in [-0.05, 0) is 54.1 Å². The van der Waals surface area contributed by atoms with E-state index in [1.165, 1.54) is 11.8 Å². The van der Waals surface area contributed by atoms with Crippen LogP contribution in [0.2, 0.25) is 5.02 Å². The van der Waals surface area contributed by atoms with Gasteiger partial charge in [0.25, 0.3) is 5.91 Å². The molecule has 0 atom stereocenters. The van der Waals surface area contributed by atoms with Crippen molar-refractivity contribution < 1.29 is 13.9 Å². The molecule has 0 fully saturated rings. The van der Waals surface area contributed by atoms with Gasteiger partial charge in [0.1, 0.15) is 11.5 Å². The quantitative estimate of drug-likeness (QED) is 0.222. The molecule has 7 nitrogen and oxygen atoms in total. The molecular weight excluding hydrogens is 508 g/mol. The second-order valence-electron chi connectivity index (χ2n) is 8.06. The Balaban J connectivity index is 1.44. The second-order valence-corrected chi connectivity index (χ2v) is 9.44. The van der Waals surface area contributed by atoms with E-state index >= 15 is 0 Å². The van der Waals surface area contributed by atoms with E-state index in [-0.39, 0.29) is 5.91 Å². The first-order chi connectivity index (χ1) is 18.1. The van der Waals surface area contributed by atoms with Crippen LogP contribution in [0.4, 0.5) is 0 Å². The SMILES string of the molecule is COc1cccc(-c2nnc(SCc3ccccc3C(=O)NCc3ccco3)n2-c2cccc(Cl)c2)c1. The molecule has 1 amide bonds. The Morgan fingerprint density at radius 3 is 2.70 bits per heavy atom. The fourth-order valence-corrected chi connectivity index (χ4v) is 4.99. The average Bonchev–Trinajstić information content (AvgIpc) is 3.61. The molecule has 0 bridgehead atoms. The van der Waals surface area contributed by atoms with Crippen LogP contribution in [0, 0.1) is 0 Å². The smallest absolute Gasteiger partial charge is 0.251 e. The number of carbonyl (C=O) groups excluding carboxylic acids is 1. The van der Waals surface area contributed by atoms with Crippen LogP contribution in [0.15, 0.2) is 101 Å². The summed E-state index contributed by atoms with van der Waals surface area (Å²) < 4.78 is 12.7. The lowest BCUT2D eigenvalue weighted by Crippen LogP contribution is -2.23. The molecule has 0 saturated heterocycles. The third-order valence-corrected chi connectivity index (χ3v) is 6.86. The molecule has 0 saturated carbocycles. The molecule has 3 aromatic carbocycles. The number of thioether (sulfide) groups is 1. The Kier molecular flexibility index (Phi) is 7.58. The average molecular weight is 531 g/mol. The fraction of sp³-hybridized carbons (Fsp3) is 0.107. The zero-order valence-corrected chi connectivity index (χ0v) is 21.5. The van der Waals surface area contributed by atoms with Crippen molar-refractivity contribution in [2.24, 2.45) is 0 Å². The predicted octanol–water partition coefficient (Wildman–Crippen LogP) is 6.41. The zero-order chi connectivity index (χ0) is 25.6. The van der Waals surface area contributed by atoms with Crippen LogP contribution in [-0.4, -0.2) is 27.8 Å². The molecule has 2 aromatic heterocycles. The number of rotatable bonds is 9.